The van der Waals surface area contributed by atoms with Crippen molar-refractivity contribution in [3.05, 3.63) is 28.4 Å². The van der Waals surface area contributed by atoms with E-state index in [1.165, 1.54) is 6.33 Å². The molecule has 0 atom stereocenters. The standard InChI is InChI=1S/C22H35N4O8P/c1-21(2,3)19(28)31-13-33-35(30,34-14-32-20(29)22(4,5)6)9-7-8-23-10-15-11-24-17-16(15)25-12-26-18(17)27/h11-12,23-24H,7-10,13-14H2,1-6H3,(H,25,26,27)/p+1. The highest BCUT2D eigenvalue weighted by molar-refractivity contribution is 7.53. The molecule has 196 valence electrons. The number of fused-ring (bicyclic) bond motifs is 1. The highest BCUT2D eigenvalue weighted by Gasteiger charge is 2.30. The lowest BCUT2D eigenvalue weighted by molar-refractivity contribution is -0.670. The third-order valence-corrected chi connectivity index (χ3v) is 6.72. The van der Waals surface area contributed by atoms with Gasteiger partial charge in [-0.2, -0.15) is 0 Å². The van der Waals surface area contributed by atoms with E-state index in [1.54, 1.807) is 47.7 Å². The number of esters is 2. The van der Waals surface area contributed by atoms with Gasteiger partial charge in [-0.15, -0.1) is 0 Å². The van der Waals surface area contributed by atoms with Crippen LogP contribution in [0.15, 0.2) is 17.3 Å². The second-order valence-electron chi connectivity index (χ2n) is 10.1. The second-order valence-corrected chi connectivity index (χ2v) is 12.3. The molecule has 35 heavy (non-hydrogen) atoms. The molecule has 2 aromatic heterocycles. The molecular weight excluding hydrogens is 479 g/mol. The molecule has 13 heteroatoms. The Kier molecular flexibility index (Phi) is 9.79. The van der Waals surface area contributed by atoms with E-state index >= 15 is 0 Å². The Balaban J connectivity index is 1.88. The van der Waals surface area contributed by atoms with E-state index in [4.69, 9.17) is 18.5 Å². The smallest absolute Gasteiger partial charge is 0.336 e. The van der Waals surface area contributed by atoms with E-state index in [0.29, 0.717) is 30.5 Å². The van der Waals surface area contributed by atoms with Crippen LogP contribution < -0.4 is 10.9 Å². The first-order valence-electron chi connectivity index (χ1n) is 11.3. The number of nitrogens with zero attached hydrogens (tertiary/aromatic N) is 1. The lowest BCUT2D eigenvalue weighted by Gasteiger charge is -2.21. The first-order chi connectivity index (χ1) is 16.2. The Labute approximate surface area is 204 Å². The summed E-state index contributed by atoms with van der Waals surface area (Å²) in [7, 11) is -3.72. The summed E-state index contributed by atoms with van der Waals surface area (Å²) in [6.45, 7) is 10.2. The van der Waals surface area contributed by atoms with Crippen molar-refractivity contribution in [3.8, 4) is 0 Å². The molecule has 0 amide bonds. The minimum Gasteiger partial charge on any atom is -0.438 e. The predicted octanol–water partition coefficient (Wildman–Crippen LogP) is 2.02. The molecule has 0 bridgehead atoms. The number of aromatic amines is 2. The molecule has 0 spiro atoms. The molecule has 0 aromatic carbocycles. The van der Waals surface area contributed by atoms with Gasteiger partial charge in [0.2, 0.25) is 13.6 Å². The molecule has 0 saturated heterocycles. The van der Waals surface area contributed by atoms with E-state index in [1.807, 2.05) is 5.32 Å². The summed E-state index contributed by atoms with van der Waals surface area (Å²) in [6, 6.07) is 0. The topological polar surface area (TPSA) is 166 Å². The number of carbonyl (C=O) groups is 2. The minimum absolute atomic E-state index is 0.0233. The van der Waals surface area contributed by atoms with Crippen LogP contribution in [0.5, 0.6) is 0 Å². The van der Waals surface area contributed by atoms with Crippen molar-refractivity contribution in [2.45, 2.75) is 54.5 Å². The summed E-state index contributed by atoms with van der Waals surface area (Å²) >= 11 is 0. The monoisotopic (exact) mass is 515 g/mol. The van der Waals surface area contributed by atoms with Gasteiger partial charge < -0.3 is 24.8 Å². The van der Waals surface area contributed by atoms with Crippen molar-refractivity contribution in [1.29, 1.82) is 0 Å². The van der Waals surface area contributed by atoms with Gasteiger partial charge in [0, 0.05) is 12.6 Å². The number of nitrogens with one attached hydrogen (secondary N) is 2. The van der Waals surface area contributed by atoms with Gasteiger partial charge >= 0.3 is 19.5 Å². The van der Waals surface area contributed by atoms with Crippen LogP contribution >= 0.6 is 7.60 Å². The summed E-state index contributed by atoms with van der Waals surface area (Å²) < 4.78 is 33.9. The lowest BCUT2D eigenvalue weighted by Crippen LogP contribution is -2.82. The van der Waals surface area contributed by atoms with Crippen molar-refractivity contribution in [1.82, 2.24) is 15.0 Å². The molecule has 0 fully saturated rings. The SMILES string of the molecule is CC(C)(C)C(=O)OCOP(=O)(CCC[NH2+]Cc1c[nH]c2c(=O)[nH]cnc12)OCOC(=O)C(C)(C)C. The van der Waals surface area contributed by atoms with Gasteiger partial charge in [0.05, 0.1) is 35.4 Å². The molecule has 4 N–H and O–H groups in total. The van der Waals surface area contributed by atoms with E-state index in [-0.39, 0.29) is 11.7 Å². The number of H-pyrrole nitrogens is 2. The Morgan fingerprint density at radius 3 is 2.11 bits per heavy atom. The number of aromatic nitrogens is 3. The molecule has 0 radical (unpaired) electrons. The van der Waals surface area contributed by atoms with Gasteiger partial charge in [-0.05, 0) is 41.5 Å². The van der Waals surface area contributed by atoms with Crippen LogP contribution in [-0.2, 0) is 39.2 Å². The number of nitrogens with two attached hydrogens (primary N) is 1. The van der Waals surface area contributed by atoms with Gasteiger partial charge in [0.1, 0.15) is 17.6 Å². The quantitative estimate of drug-likeness (QED) is 0.166. The molecule has 0 unspecified atom stereocenters. The maximum Gasteiger partial charge on any atom is 0.336 e. The van der Waals surface area contributed by atoms with E-state index < -0.39 is 44.0 Å². The number of hydrogen-bond donors (Lipinski definition) is 3. The van der Waals surface area contributed by atoms with Crippen molar-refractivity contribution < 1.29 is 38.0 Å². The molecule has 2 rings (SSSR count). The molecule has 2 aromatic rings. The highest BCUT2D eigenvalue weighted by atomic mass is 31.2. The number of hydrogen-bond acceptors (Lipinski definition) is 9. The Morgan fingerprint density at radius 1 is 1.00 bits per heavy atom. The third-order valence-electron chi connectivity index (χ3n) is 4.86. The van der Waals surface area contributed by atoms with Crippen LogP contribution in [0, 0.1) is 10.8 Å². The maximum atomic E-state index is 13.2. The molecule has 0 saturated carbocycles. The van der Waals surface area contributed by atoms with E-state index in [9.17, 15) is 18.9 Å². The molecule has 12 nitrogen and oxygen atoms in total. The molecule has 0 aliphatic heterocycles. The lowest BCUT2D eigenvalue weighted by atomic mass is 9.98. The Bertz CT molecular complexity index is 1080. The van der Waals surface area contributed by atoms with Crippen molar-refractivity contribution in [2.75, 3.05) is 26.3 Å². The van der Waals surface area contributed by atoms with E-state index in [2.05, 4.69) is 15.0 Å². The van der Waals surface area contributed by atoms with Crippen LogP contribution in [0.2, 0.25) is 0 Å². The Morgan fingerprint density at radius 2 is 1.57 bits per heavy atom. The largest absolute Gasteiger partial charge is 0.438 e. The number of quaternary nitrogens is 1. The Hall–Kier alpha value is -2.53. The highest BCUT2D eigenvalue weighted by Crippen LogP contribution is 2.48. The first-order valence-corrected chi connectivity index (χ1v) is 13.0. The van der Waals surface area contributed by atoms with Crippen LogP contribution in [0.3, 0.4) is 0 Å². The van der Waals surface area contributed by atoms with Gasteiger partial charge in [0.25, 0.3) is 5.56 Å². The first kappa shape index (κ1) is 28.7. The summed E-state index contributed by atoms with van der Waals surface area (Å²) in [6.07, 6.45) is 3.54. The zero-order valence-electron chi connectivity index (χ0n) is 21.1. The van der Waals surface area contributed by atoms with Crippen molar-refractivity contribution in [2.24, 2.45) is 10.8 Å². The molecule has 0 aliphatic carbocycles. The average molecular weight is 516 g/mol. The van der Waals surface area contributed by atoms with E-state index in [0.717, 1.165) is 5.56 Å². The fourth-order valence-corrected chi connectivity index (χ4v) is 4.10. The fourth-order valence-electron chi connectivity index (χ4n) is 2.77. The van der Waals surface area contributed by atoms with Crippen molar-refractivity contribution in [3.63, 3.8) is 0 Å². The molecular formula is C22H36N4O8P+. The predicted molar refractivity (Wildman–Crippen MR) is 127 cm³/mol. The number of rotatable bonds is 12. The van der Waals surface area contributed by atoms with Gasteiger partial charge in [0.15, 0.2) is 0 Å². The summed E-state index contributed by atoms with van der Waals surface area (Å²) in [5.41, 5.74) is 0.155. The van der Waals surface area contributed by atoms with Crippen molar-refractivity contribution >= 4 is 30.6 Å². The minimum atomic E-state index is -3.72. The van der Waals surface area contributed by atoms with Crippen LogP contribution in [0.25, 0.3) is 11.0 Å². The van der Waals surface area contributed by atoms with Crippen LogP contribution in [0.4, 0.5) is 0 Å². The van der Waals surface area contributed by atoms with Gasteiger partial charge in [-0.3, -0.25) is 28.0 Å². The third kappa shape index (κ3) is 8.88. The summed E-state index contributed by atoms with van der Waals surface area (Å²) in [5.74, 6) is -1.02. The number of ether oxygens (including phenoxy) is 2. The average Bonchev–Trinajstić information content (AvgIpc) is 3.16. The second kappa shape index (κ2) is 11.9. The molecule has 2 heterocycles. The normalized spacial score (nSPS) is 12.6. The van der Waals surface area contributed by atoms with Crippen LogP contribution in [-0.4, -0.2) is 53.2 Å². The zero-order chi connectivity index (χ0) is 26.3. The van der Waals surface area contributed by atoms with Gasteiger partial charge in [-0.1, -0.05) is 0 Å². The number of carbonyl (C=O) groups excluding carboxylic acids is 2. The summed E-state index contributed by atoms with van der Waals surface area (Å²) in [4.78, 5) is 45.3. The van der Waals surface area contributed by atoms with Crippen LogP contribution in [0.1, 0.15) is 53.5 Å². The van der Waals surface area contributed by atoms with Gasteiger partial charge in [-0.25, -0.2) is 4.98 Å². The fraction of sp³-hybridized carbons (Fsp3) is 0.636. The zero-order valence-corrected chi connectivity index (χ0v) is 22.0. The maximum absolute atomic E-state index is 13.2. The summed E-state index contributed by atoms with van der Waals surface area (Å²) in [5, 5.41) is 1.97. The molecule has 0 aliphatic rings.